The normalized spacial score (nSPS) is 10.5. The van der Waals surface area contributed by atoms with Gasteiger partial charge in [-0.2, -0.15) is 14.0 Å². The molecule has 1 heterocycles. The van der Waals surface area contributed by atoms with Crippen molar-refractivity contribution in [3.63, 3.8) is 0 Å². The minimum atomic E-state index is -2.93. The number of halogens is 2. The fraction of sp³-hybridized carbons (Fsp3) is 0.278. The summed E-state index contributed by atoms with van der Waals surface area (Å²) in [6.07, 6.45) is 0. The minimum absolute atomic E-state index is 0.0394. The van der Waals surface area contributed by atoms with Crippen LogP contribution in [-0.4, -0.2) is 24.2 Å². The molecular formula is C18H17F2N3O4. The van der Waals surface area contributed by atoms with Gasteiger partial charge in [0.05, 0.1) is 6.61 Å². The van der Waals surface area contributed by atoms with Crippen LogP contribution in [0, 0.1) is 18.3 Å². The van der Waals surface area contributed by atoms with Crippen LogP contribution in [0.15, 0.2) is 35.1 Å². The number of alkyl halides is 2. The predicted octanol–water partition coefficient (Wildman–Crippen LogP) is 2.41. The Balaban J connectivity index is 2.16. The highest BCUT2D eigenvalue weighted by atomic mass is 19.3. The van der Waals surface area contributed by atoms with Gasteiger partial charge in [-0.3, -0.25) is 9.59 Å². The van der Waals surface area contributed by atoms with Crippen molar-refractivity contribution < 1.29 is 23.0 Å². The monoisotopic (exact) mass is 377 g/mol. The SMILES string of the molecule is COCc1cc(C)n(CC(=O)Nc2ccc(OC(F)F)cc2)c(=O)c1C#N. The summed E-state index contributed by atoms with van der Waals surface area (Å²) in [5, 5.41) is 11.8. The second kappa shape index (κ2) is 8.91. The van der Waals surface area contributed by atoms with Gasteiger partial charge >= 0.3 is 6.61 Å². The van der Waals surface area contributed by atoms with Gasteiger partial charge in [-0.05, 0) is 37.3 Å². The number of rotatable bonds is 7. The lowest BCUT2D eigenvalue weighted by atomic mass is 10.1. The Morgan fingerprint density at radius 2 is 2.00 bits per heavy atom. The second-order valence-corrected chi connectivity index (χ2v) is 5.57. The molecule has 0 fully saturated rings. The number of aryl methyl sites for hydroxylation is 1. The standard InChI is InChI=1S/C18H17F2N3O4/c1-11-7-12(10-26-2)15(8-21)17(25)23(11)9-16(24)22-13-3-5-14(6-4-13)27-18(19)20/h3-7,18H,9-10H2,1-2H3,(H,22,24). The molecule has 0 unspecified atom stereocenters. The van der Waals surface area contributed by atoms with Gasteiger partial charge in [0.2, 0.25) is 5.91 Å². The van der Waals surface area contributed by atoms with E-state index in [0.717, 1.165) is 0 Å². The molecule has 1 aromatic heterocycles. The van der Waals surface area contributed by atoms with E-state index >= 15 is 0 Å². The first kappa shape index (κ1) is 20.1. The number of benzene rings is 1. The Kier molecular flexibility index (Phi) is 6.62. The van der Waals surface area contributed by atoms with Crippen molar-refractivity contribution >= 4 is 11.6 Å². The third-order valence-electron chi connectivity index (χ3n) is 3.67. The molecule has 0 radical (unpaired) electrons. The number of nitrogens with one attached hydrogen (secondary N) is 1. The first-order valence-corrected chi connectivity index (χ1v) is 7.82. The van der Waals surface area contributed by atoms with Crippen molar-refractivity contribution in [2.75, 3.05) is 12.4 Å². The molecule has 0 atom stereocenters. The summed E-state index contributed by atoms with van der Waals surface area (Å²) in [6, 6.07) is 8.82. The number of anilines is 1. The number of amides is 1. The molecule has 0 aliphatic heterocycles. The number of carbonyl (C=O) groups excluding carboxylic acids is 1. The van der Waals surface area contributed by atoms with E-state index in [1.54, 1.807) is 13.0 Å². The first-order valence-electron chi connectivity index (χ1n) is 7.82. The van der Waals surface area contributed by atoms with E-state index in [-0.39, 0.29) is 24.5 Å². The van der Waals surface area contributed by atoms with E-state index in [1.807, 2.05) is 6.07 Å². The maximum Gasteiger partial charge on any atom is 0.387 e. The lowest BCUT2D eigenvalue weighted by Crippen LogP contribution is -2.31. The Hall–Kier alpha value is -3.25. The Morgan fingerprint density at radius 1 is 1.33 bits per heavy atom. The average Bonchev–Trinajstić information content (AvgIpc) is 2.60. The second-order valence-electron chi connectivity index (χ2n) is 5.57. The summed E-state index contributed by atoms with van der Waals surface area (Å²) >= 11 is 0. The number of pyridine rings is 1. The molecule has 0 saturated carbocycles. The molecule has 0 spiro atoms. The molecule has 7 nitrogen and oxygen atoms in total. The van der Waals surface area contributed by atoms with Crippen molar-refractivity contribution in [2.24, 2.45) is 0 Å². The van der Waals surface area contributed by atoms with Crippen molar-refractivity contribution in [2.45, 2.75) is 26.7 Å². The van der Waals surface area contributed by atoms with Crippen molar-refractivity contribution in [3.8, 4) is 11.8 Å². The maximum absolute atomic E-state index is 12.5. The van der Waals surface area contributed by atoms with Gasteiger partial charge in [0.15, 0.2) is 0 Å². The average molecular weight is 377 g/mol. The molecule has 1 N–H and O–H groups in total. The van der Waals surface area contributed by atoms with Gasteiger partial charge in [-0.15, -0.1) is 0 Å². The minimum Gasteiger partial charge on any atom is -0.435 e. The zero-order valence-corrected chi connectivity index (χ0v) is 14.7. The summed E-state index contributed by atoms with van der Waals surface area (Å²) in [4.78, 5) is 24.7. The fourth-order valence-corrected chi connectivity index (χ4v) is 2.48. The van der Waals surface area contributed by atoms with Crippen LogP contribution < -0.4 is 15.6 Å². The molecule has 0 aliphatic carbocycles. The summed E-state index contributed by atoms with van der Waals surface area (Å²) in [7, 11) is 1.45. The van der Waals surface area contributed by atoms with Crippen LogP contribution in [0.5, 0.6) is 5.75 Å². The largest absolute Gasteiger partial charge is 0.435 e. The van der Waals surface area contributed by atoms with Crippen molar-refractivity contribution in [1.29, 1.82) is 5.26 Å². The van der Waals surface area contributed by atoms with E-state index in [2.05, 4.69) is 10.1 Å². The number of hydrogen-bond acceptors (Lipinski definition) is 5. The molecule has 2 rings (SSSR count). The van der Waals surface area contributed by atoms with Crippen LogP contribution in [0.25, 0.3) is 0 Å². The van der Waals surface area contributed by atoms with E-state index in [9.17, 15) is 23.6 Å². The highest BCUT2D eigenvalue weighted by Crippen LogP contribution is 2.17. The molecule has 27 heavy (non-hydrogen) atoms. The van der Waals surface area contributed by atoms with Gasteiger partial charge in [0.25, 0.3) is 5.56 Å². The fourth-order valence-electron chi connectivity index (χ4n) is 2.48. The number of nitriles is 1. The van der Waals surface area contributed by atoms with Crippen LogP contribution in [0.4, 0.5) is 14.5 Å². The number of hydrogen-bond donors (Lipinski definition) is 1. The zero-order valence-electron chi connectivity index (χ0n) is 14.7. The summed E-state index contributed by atoms with van der Waals surface area (Å²) in [6.45, 7) is -1.48. The van der Waals surface area contributed by atoms with Gasteiger partial charge < -0.3 is 19.4 Å². The summed E-state index contributed by atoms with van der Waals surface area (Å²) < 4.78 is 34.7. The number of nitrogens with zero attached hydrogens (tertiary/aromatic N) is 2. The molecule has 2 aromatic rings. The van der Waals surface area contributed by atoms with Gasteiger partial charge in [0, 0.05) is 24.1 Å². The van der Waals surface area contributed by atoms with Gasteiger partial charge in [0.1, 0.15) is 23.9 Å². The molecule has 9 heteroatoms. The van der Waals surface area contributed by atoms with E-state index in [4.69, 9.17) is 4.74 Å². The first-order chi connectivity index (χ1) is 12.8. The Bertz CT molecular complexity index is 918. The van der Waals surface area contributed by atoms with E-state index < -0.39 is 18.1 Å². The molecule has 0 aliphatic rings. The van der Waals surface area contributed by atoms with Crippen LogP contribution in [0.2, 0.25) is 0 Å². The van der Waals surface area contributed by atoms with E-state index in [0.29, 0.717) is 16.9 Å². The van der Waals surface area contributed by atoms with Crippen LogP contribution in [0.1, 0.15) is 16.8 Å². The number of ether oxygens (including phenoxy) is 2. The molecule has 1 amide bonds. The highest BCUT2D eigenvalue weighted by molar-refractivity contribution is 5.90. The quantitative estimate of drug-likeness (QED) is 0.800. The topological polar surface area (TPSA) is 93.3 Å². The third kappa shape index (κ3) is 5.12. The van der Waals surface area contributed by atoms with Crippen LogP contribution >= 0.6 is 0 Å². The lowest BCUT2D eigenvalue weighted by Gasteiger charge is -2.13. The molecule has 0 bridgehead atoms. The number of methoxy groups -OCH3 is 1. The van der Waals surface area contributed by atoms with Gasteiger partial charge in [-0.1, -0.05) is 0 Å². The molecule has 0 saturated heterocycles. The maximum atomic E-state index is 12.5. The Morgan fingerprint density at radius 3 is 2.56 bits per heavy atom. The Labute approximate surface area is 153 Å². The summed E-state index contributed by atoms with van der Waals surface area (Å²) in [5.41, 5.74) is 0.642. The molecular weight excluding hydrogens is 360 g/mol. The van der Waals surface area contributed by atoms with Crippen molar-refractivity contribution in [1.82, 2.24) is 4.57 Å². The molecule has 142 valence electrons. The van der Waals surface area contributed by atoms with Crippen LogP contribution in [0.3, 0.4) is 0 Å². The predicted molar refractivity (Wildman–Crippen MR) is 92.6 cm³/mol. The van der Waals surface area contributed by atoms with Crippen molar-refractivity contribution in [3.05, 3.63) is 57.5 Å². The third-order valence-corrected chi connectivity index (χ3v) is 3.67. The van der Waals surface area contributed by atoms with E-state index in [1.165, 1.54) is 35.9 Å². The van der Waals surface area contributed by atoms with Crippen LogP contribution in [-0.2, 0) is 22.7 Å². The number of aromatic nitrogens is 1. The molecule has 1 aromatic carbocycles. The zero-order chi connectivity index (χ0) is 20.0. The summed E-state index contributed by atoms with van der Waals surface area (Å²) in [5.74, 6) is -0.548. The highest BCUT2D eigenvalue weighted by Gasteiger charge is 2.15. The lowest BCUT2D eigenvalue weighted by molar-refractivity contribution is -0.116. The smallest absolute Gasteiger partial charge is 0.387 e. The van der Waals surface area contributed by atoms with Gasteiger partial charge in [-0.25, -0.2) is 0 Å². The number of carbonyl (C=O) groups is 1.